The zero-order valence-corrected chi connectivity index (χ0v) is 8.07. The molecule has 0 aromatic heterocycles. The maximum Gasteiger partial charge on any atom is 0.0701 e. The Balaban J connectivity index is 2.25. The molecule has 1 saturated heterocycles. The second kappa shape index (κ2) is 5.27. The molecule has 11 heavy (non-hydrogen) atoms. The zero-order valence-electron chi connectivity index (χ0n) is 6.36. The Morgan fingerprint density at radius 1 is 1.73 bits per heavy atom. The predicted molar refractivity (Wildman–Crippen MR) is 51.4 cm³/mol. The van der Waals surface area contributed by atoms with Crippen molar-refractivity contribution in [3.63, 3.8) is 0 Å². The topological polar surface area (TPSA) is 35.5 Å². The average Bonchev–Trinajstić information content (AvgIpc) is 2.39. The minimum Gasteiger partial charge on any atom is -0.395 e. The highest BCUT2D eigenvalue weighted by Crippen LogP contribution is 2.17. The van der Waals surface area contributed by atoms with Gasteiger partial charge in [-0.1, -0.05) is 11.7 Å². The van der Waals surface area contributed by atoms with Gasteiger partial charge in [0.1, 0.15) is 0 Å². The molecule has 2 N–H and O–H groups in total. The largest absolute Gasteiger partial charge is 0.395 e. The first-order valence-corrected chi connectivity index (χ1v) is 5.66. The van der Waals surface area contributed by atoms with Crippen molar-refractivity contribution in [2.75, 3.05) is 19.7 Å². The Bertz CT molecular complexity index is 103. The first kappa shape index (κ1) is 9.67. The summed E-state index contributed by atoms with van der Waals surface area (Å²) in [4.78, 5) is 2.24. The molecule has 0 bridgehead atoms. The van der Waals surface area contributed by atoms with E-state index in [4.69, 9.17) is 5.11 Å². The molecule has 1 fully saturated rings. The van der Waals surface area contributed by atoms with E-state index >= 15 is 0 Å². The van der Waals surface area contributed by atoms with E-state index in [-0.39, 0.29) is 6.61 Å². The monoisotopic (exact) mass is 194 g/mol. The van der Waals surface area contributed by atoms with Gasteiger partial charge < -0.3 is 5.11 Å². The zero-order chi connectivity index (χ0) is 8.10. The van der Waals surface area contributed by atoms with E-state index < -0.39 is 0 Å². The smallest absolute Gasteiger partial charge is 0.0701 e. The summed E-state index contributed by atoms with van der Waals surface area (Å²) >= 11 is 4.02. The van der Waals surface area contributed by atoms with Gasteiger partial charge in [-0.2, -0.15) is 0 Å². The molecule has 3 nitrogen and oxygen atoms in total. The number of thiol groups is 1. The highest BCUT2D eigenvalue weighted by atomic mass is 33.1. The van der Waals surface area contributed by atoms with Gasteiger partial charge in [-0.25, -0.2) is 4.72 Å². The highest BCUT2D eigenvalue weighted by molar-refractivity contribution is 8.67. The van der Waals surface area contributed by atoms with Crippen LogP contribution in [-0.2, 0) is 0 Å². The van der Waals surface area contributed by atoms with Crippen molar-refractivity contribution in [2.45, 2.75) is 19.0 Å². The van der Waals surface area contributed by atoms with Crippen LogP contribution in [0.1, 0.15) is 12.8 Å². The van der Waals surface area contributed by atoms with E-state index in [2.05, 4.69) is 21.3 Å². The number of β-amino-alcohol motifs (C(OH)–C–C–N with tert-alkyl or cyclic N) is 1. The summed E-state index contributed by atoms with van der Waals surface area (Å²) < 4.78 is 3.18. The van der Waals surface area contributed by atoms with Crippen LogP contribution >= 0.6 is 22.6 Å². The van der Waals surface area contributed by atoms with Crippen LogP contribution in [0, 0.1) is 0 Å². The lowest BCUT2D eigenvalue weighted by atomic mass is 10.3. The van der Waals surface area contributed by atoms with Crippen molar-refractivity contribution < 1.29 is 5.11 Å². The van der Waals surface area contributed by atoms with Crippen molar-refractivity contribution >= 4 is 22.6 Å². The van der Waals surface area contributed by atoms with Gasteiger partial charge in [-0.3, -0.25) is 4.90 Å². The van der Waals surface area contributed by atoms with Gasteiger partial charge in [-0.15, -0.1) is 0 Å². The molecule has 1 atom stereocenters. The molecule has 0 aromatic rings. The number of nitrogens with one attached hydrogen (secondary N) is 1. The summed E-state index contributed by atoms with van der Waals surface area (Å²) in [7, 11) is 1.35. The molecular weight excluding hydrogens is 180 g/mol. The summed E-state index contributed by atoms with van der Waals surface area (Å²) in [5.74, 6) is 0. The van der Waals surface area contributed by atoms with Crippen LogP contribution in [0.15, 0.2) is 0 Å². The molecule has 1 rings (SSSR count). The number of rotatable bonds is 4. The number of hydrogen-bond donors (Lipinski definition) is 3. The van der Waals surface area contributed by atoms with Crippen molar-refractivity contribution in [1.29, 1.82) is 0 Å². The highest BCUT2D eigenvalue weighted by Gasteiger charge is 2.22. The molecule has 1 aliphatic heterocycles. The molecule has 0 unspecified atom stereocenters. The third-order valence-corrected chi connectivity index (χ3v) is 2.63. The molecule has 0 saturated carbocycles. The lowest BCUT2D eigenvalue weighted by Gasteiger charge is -2.22. The molecule has 0 radical (unpaired) electrons. The fourth-order valence-electron chi connectivity index (χ4n) is 1.42. The third-order valence-electron chi connectivity index (χ3n) is 1.94. The van der Waals surface area contributed by atoms with Crippen LogP contribution in [-0.4, -0.2) is 35.9 Å². The van der Waals surface area contributed by atoms with Crippen LogP contribution in [0.3, 0.4) is 0 Å². The second-order valence-corrected chi connectivity index (χ2v) is 3.59. The lowest BCUT2D eigenvalue weighted by molar-refractivity contribution is 0.181. The number of hydrogen-bond acceptors (Lipinski definition) is 5. The second-order valence-electron chi connectivity index (χ2n) is 2.63. The van der Waals surface area contributed by atoms with Gasteiger partial charge in [0.25, 0.3) is 0 Å². The fraction of sp³-hybridized carbons (Fsp3) is 1.00. The van der Waals surface area contributed by atoms with Crippen molar-refractivity contribution in [2.24, 2.45) is 0 Å². The normalized spacial score (nSPS) is 26.2. The summed E-state index contributed by atoms with van der Waals surface area (Å²) in [6.07, 6.45) is 2.78. The number of aliphatic hydroxyl groups excluding tert-OH is 1. The summed E-state index contributed by atoms with van der Waals surface area (Å²) in [6.45, 7) is 2.11. The van der Waals surface area contributed by atoms with Crippen molar-refractivity contribution in [3.05, 3.63) is 0 Å². The Morgan fingerprint density at radius 3 is 3.18 bits per heavy atom. The summed E-state index contributed by atoms with van der Waals surface area (Å²) in [6, 6.07) is 0. The van der Waals surface area contributed by atoms with E-state index in [1.54, 1.807) is 0 Å². The van der Waals surface area contributed by atoms with E-state index in [0.29, 0.717) is 6.17 Å². The predicted octanol–water partition coefficient (Wildman–Crippen LogP) is 0.483. The van der Waals surface area contributed by atoms with Crippen molar-refractivity contribution in [3.8, 4) is 0 Å². The Hall–Kier alpha value is 0.580. The first-order valence-electron chi connectivity index (χ1n) is 3.79. The summed E-state index contributed by atoms with van der Waals surface area (Å²) in [5, 5.41) is 8.72. The van der Waals surface area contributed by atoms with Crippen LogP contribution in [0.4, 0.5) is 0 Å². The van der Waals surface area contributed by atoms with Gasteiger partial charge in [-0.05, 0) is 30.4 Å². The molecule has 1 aliphatic rings. The molecule has 0 amide bonds. The maximum atomic E-state index is 8.72. The fourth-order valence-corrected chi connectivity index (χ4v) is 2.17. The van der Waals surface area contributed by atoms with Gasteiger partial charge in [0.2, 0.25) is 0 Å². The van der Waals surface area contributed by atoms with Crippen LogP contribution < -0.4 is 4.72 Å². The van der Waals surface area contributed by atoms with Gasteiger partial charge in [0, 0.05) is 6.54 Å². The van der Waals surface area contributed by atoms with Gasteiger partial charge in [0.15, 0.2) is 0 Å². The quantitative estimate of drug-likeness (QED) is 0.346. The molecule has 0 aromatic carbocycles. The molecule has 5 heteroatoms. The molecule has 0 aliphatic carbocycles. The van der Waals surface area contributed by atoms with E-state index in [1.807, 2.05) is 0 Å². The van der Waals surface area contributed by atoms with E-state index in [9.17, 15) is 0 Å². The lowest BCUT2D eigenvalue weighted by Crippen LogP contribution is -2.39. The molecular formula is C6H14N2OS2. The molecule has 1 heterocycles. The third kappa shape index (κ3) is 2.83. The molecule has 66 valence electrons. The average molecular weight is 194 g/mol. The summed E-state index contributed by atoms with van der Waals surface area (Å²) in [5.41, 5.74) is 0. The maximum absolute atomic E-state index is 8.72. The Kier molecular flexibility index (Phi) is 4.63. The number of aliphatic hydroxyl groups is 1. The van der Waals surface area contributed by atoms with Crippen molar-refractivity contribution in [1.82, 2.24) is 9.62 Å². The van der Waals surface area contributed by atoms with Gasteiger partial charge >= 0.3 is 0 Å². The minimum atomic E-state index is 0.245. The van der Waals surface area contributed by atoms with Crippen LogP contribution in [0.2, 0.25) is 0 Å². The number of nitrogens with zero attached hydrogens (tertiary/aromatic N) is 1. The standard InChI is InChI=1S/C6H14N2OS2/c9-5-4-8-3-1-2-6(8)7-11-10/h6-7,9-10H,1-5H2/t6-/m1/s1. The Labute approximate surface area is 76.5 Å². The van der Waals surface area contributed by atoms with Gasteiger partial charge in [0.05, 0.1) is 12.8 Å². The van der Waals surface area contributed by atoms with Crippen LogP contribution in [0.25, 0.3) is 0 Å². The Morgan fingerprint density at radius 2 is 2.55 bits per heavy atom. The SMILES string of the molecule is OCCN1CCC[C@@H]1NSS. The minimum absolute atomic E-state index is 0.245. The van der Waals surface area contributed by atoms with Crippen LogP contribution in [0.5, 0.6) is 0 Å². The van der Waals surface area contributed by atoms with E-state index in [1.165, 1.54) is 17.4 Å². The van der Waals surface area contributed by atoms with E-state index in [0.717, 1.165) is 19.5 Å². The molecule has 0 spiro atoms. The first-order chi connectivity index (χ1) is 5.38. The number of likely N-dealkylation sites (tertiary alicyclic amines) is 1.